The minimum Gasteiger partial charge on any atom is -0.493 e. The van der Waals surface area contributed by atoms with Crippen molar-refractivity contribution < 1.29 is 19.0 Å². The highest BCUT2D eigenvalue weighted by Crippen LogP contribution is 2.43. The Balaban J connectivity index is 1.24. The molecule has 4 heterocycles. The number of amides is 1. The third-order valence-electron chi connectivity index (χ3n) is 7.28. The van der Waals surface area contributed by atoms with Crippen LogP contribution in [0.2, 0.25) is 0 Å². The summed E-state index contributed by atoms with van der Waals surface area (Å²) in [6.07, 6.45) is 1.76. The fourth-order valence-corrected chi connectivity index (χ4v) is 5.46. The van der Waals surface area contributed by atoms with Gasteiger partial charge in [-0.15, -0.1) is 0 Å². The number of ether oxygens (including phenoxy) is 3. The van der Waals surface area contributed by atoms with Gasteiger partial charge in [0.2, 0.25) is 0 Å². The van der Waals surface area contributed by atoms with Crippen LogP contribution < -0.4 is 14.8 Å². The summed E-state index contributed by atoms with van der Waals surface area (Å²) in [5.74, 6) is 2.35. The molecule has 0 aliphatic carbocycles. The zero-order valence-corrected chi connectivity index (χ0v) is 20.4. The predicted molar refractivity (Wildman–Crippen MR) is 134 cm³/mol. The normalized spacial score (nSPS) is 23.1. The molecule has 8 heteroatoms. The average molecular weight is 477 g/mol. The fourth-order valence-electron chi connectivity index (χ4n) is 5.46. The van der Waals surface area contributed by atoms with Crippen LogP contribution in [0.5, 0.6) is 11.5 Å². The molecule has 3 aliphatic rings. The molecule has 0 saturated carbocycles. The third kappa shape index (κ3) is 4.84. The number of rotatable bonds is 7. The van der Waals surface area contributed by atoms with Gasteiger partial charge in [-0.1, -0.05) is 18.2 Å². The van der Waals surface area contributed by atoms with Crippen molar-refractivity contribution in [1.82, 2.24) is 14.7 Å². The van der Waals surface area contributed by atoms with Crippen LogP contribution >= 0.6 is 0 Å². The molecular formula is C27H32N4O4. The van der Waals surface area contributed by atoms with Gasteiger partial charge < -0.3 is 14.2 Å². The number of anilines is 1. The number of carbonyl (C=O) groups is 1. The van der Waals surface area contributed by atoms with Crippen molar-refractivity contribution in [2.45, 2.75) is 24.8 Å². The molecule has 8 nitrogen and oxygen atoms in total. The van der Waals surface area contributed by atoms with Gasteiger partial charge in [0.05, 0.1) is 19.9 Å². The second-order valence-electron chi connectivity index (χ2n) is 9.28. The Morgan fingerprint density at radius 1 is 1.09 bits per heavy atom. The van der Waals surface area contributed by atoms with Gasteiger partial charge in [-0.05, 0) is 61.7 Å². The van der Waals surface area contributed by atoms with Crippen LogP contribution in [0.4, 0.5) is 10.5 Å². The van der Waals surface area contributed by atoms with Crippen molar-refractivity contribution in [1.29, 1.82) is 0 Å². The molecule has 2 bridgehead atoms. The number of nitrogens with one attached hydrogen (secondary N) is 1. The zero-order valence-electron chi connectivity index (χ0n) is 20.4. The predicted octanol–water partition coefficient (Wildman–Crippen LogP) is 4.53. The van der Waals surface area contributed by atoms with Crippen molar-refractivity contribution in [2.24, 2.45) is 13.0 Å². The summed E-state index contributed by atoms with van der Waals surface area (Å²) >= 11 is 0. The summed E-state index contributed by atoms with van der Waals surface area (Å²) in [5, 5.41) is 7.61. The Morgan fingerprint density at radius 2 is 1.89 bits per heavy atom. The molecule has 3 aromatic rings. The second-order valence-corrected chi connectivity index (χ2v) is 9.28. The molecule has 1 N–H and O–H groups in total. The first-order valence-electron chi connectivity index (χ1n) is 12.0. The first-order chi connectivity index (χ1) is 17.1. The minimum absolute atomic E-state index is 0.255. The summed E-state index contributed by atoms with van der Waals surface area (Å²) in [7, 11) is 5.30. The van der Waals surface area contributed by atoms with Crippen molar-refractivity contribution >= 4 is 11.8 Å². The standard InChI is InChI=1S/C27H32N4O4/c1-30-24(15-23(29-30)19-9-10-25(33-2)26(14-19)34-3)22-16-31-12-11-18(22)13-21(31)17-35-27(32)28-20-7-5-4-6-8-20/h4-10,14-15,18,21-22H,11-13,16-17H2,1-3H3,(H,28,32)/t18-,21+,22-/m0/s1. The Bertz CT molecular complexity index is 1180. The van der Waals surface area contributed by atoms with E-state index in [1.165, 1.54) is 5.69 Å². The number of aryl methyl sites for hydroxylation is 1. The number of piperidine rings is 3. The van der Waals surface area contributed by atoms with Crippen molar-refractivity contribution in [3.8, 4) is 22.8 Å². The molecule has 4 atom stereocenters. The SMILES string of the molecule is COc1ccc(-c2cc([C@H]3CN4CC[C@H]3C[C@@H]4COC(=O)Nc3ccccc3)n(C)n2)cc1OC. The first kappa shape index (κ1) is 23.2. The first-order valence-corrected chi connectivity index (χ1v) is 12.0. The van der Waals surface area contributed by atoms with Crippen LogP contribution in [-0.2, 0) is 11.8 Å². The van der Waals surface area contributed by atoms with E-state index < -0.39 is 6.09 Å². The molecule has 1 amide bonds. The largest absolute Gasteiger partial charge is 0.493 e. The van der Waals surface area contributed by atoms with Gasteiger partial charge in [-0.2, -0.15) is 5.10 Å². The molecule has 1 aromatic heterocycles. The number of fused-ring (bicyclic) bond motifs is 3. The van der Waals surface area contributed by atoms with Crippen LogP contribution in [0.25, 0.3) is 11.3 Å². The lowest BCUT2D eigenvalue weighted by Crippen LogP contribution is -2.54. The van der Waals surface area contributed by atoms with Crippen molar-refractivity contribution in [2.75, 3.05) is 39.2 Å². The minimum atomic E-state index is -0.401. The van der Waals surface area contributed by atoms with Crippen LogP contribution in [-0.4, -0.2) is 60.7 Å². The molecule has 6 rings (SSSR count). The van der Waals surface area contributed by atoms with Crippen LogP contribution in [0.15, 0.2) is 54.6 Å². The Morgan fingerprint density at radius 3 is 2.60 bits per heavy atom. The van der Waals surface area contributed by atoms with Crippen molar-refractivity contribution in [3.63, 3.8) is 0 Å². The lowest BCUT2D eigenvalue weighted by atomic mass is 9.74. The van der Waals surface area contributed by atoms with Crippen LogP contribution in [0, 0.1) is 5.92 Å². The molecule has 2 aromatic carbocycles. The van der Waals surface area contributed by atoms with E-state index in [0.717, 1.165) is 42.9 Å². The van der Waals surface area contributed by atoms with E-state index in [1.807, 2.05) is 60.3 Å². The summed E-state index contributed by atoms with van der Waals surface area (Å²) in [6, 6.07) is 17.7. The van der Waals surface area contributed by atoms with E-state index in [0.29, 0.717) is 29.9 Å². The van der Waals surface area contributed by atoms with E-state index in [-0.39, 0.29) is 6.04 Å². The maximum Gasteiger partial charge on any atom is 0.411 e. The van der Waals surface area contributed by atoms with Crippen LogP contribution in [0.3, 0.4) is 0 Å². The van der Waals surface area contributed by atoms with E-state index in [4.69, 9.17) is 19.3 Å². The maximum absolute atomic E-state index is 12.2. The molecule has 3 fully saturated rings. The summed E-state index contributed by atoms with van der Waals surface area (Å²) in [4.78, 5) is 14.7. The number of hydrogen-bond donors (Lipinski definition) is 1. The van der Waals surface area contributed by atoms with E-state index in [2.05, 4.69) is 16.3 Å². The molecule has 3 aliphatic heterocycles. The van der Waals surface area contributed by atoms with Gasteiger partial charge in [0.1, 0.15) is 6.61 Å². The number of para-hydroxylation sites is 1. The monoisotopic (exact) mass is 476 g/mol. The van der Waals surface area contributed by atoms with Crippen LogP contribution in [0.1, 0.15) is 24.5 Å². The number of aromatic nitrogens is 2. The molecule has 3 saturated heterocycles. The topological polar surface area (TPSA) is 77.9 Å². The molecule has 184 valence electrons. The molecule has 0 spiro atoms. The van der Waals surface area contributed by atoms with Gasteiger partial charge in [-0.25, -0.2) is 4.79 Å². The highest BCUT2D eigenvalue weighted by atomic mass is 16.5. The highest BCUT2D eigenvalue weighted by molar-refractivity contribution is 5.84. The average Bonchev–Trinajstić information content (AvgIpc) is 3.29. The molecular weight excluding hydrogens is 444 g/mol. The lowest BCUT2D eigenvalue weighted by Gasteiger charge is -2.49. The van der Waals surface area contributed by atoms with Gasteiger partial charge in [0.15, 0.2) is 11.5 Å². The Hall–Kier alpha value is -3.52. The van der Waals surface area contributed by atoms with E-state index in [9.17, 15) is 4.79 Å². The van der Waals surface area contributed by atoms with Gasteiger partial charge in [0, 0.05) is 42.5 Å². The molecule has 35 heavy (non-hydrogen) atoms. The highest BCUT2D eigenvalue weighted by Gasteiger charge is 2.42. The van der Waals surface area contributed by atoms with Crippen molar-refractivity contribution in [3.05, 3.63) is 60.3 Å². The van der Waals surface area contributed by atoms with Gasteiger partial charge in [0.25, 0.3) is 0 Å². The number of hydrogen-bond acceptors (Lipinski definition) is 6. The summed E-state index contributed by atoms with van der Waals surface area (Å²) in [6.45, 7) is 2.39. The number of carbonyl (C=O) groups excluding carboxylic acids is 1. The lowest BCUT2D eigenvalue weighted by molar-refractivity contribution is -0.00222. The molecule has 1 unspecified atom stereocenters. The van der Waals surface area contributed by atoms with Gasteiger partial charge >= 0.3 is 6.09 Å². The second kappa shape index (κ2) is 10.00. The Kier molecular flexibility index (Phi) is 6.63. The fraction of sp³-hybridized carbons (Fsp3) is 0.407. The summed E-state index contributed by atoms with van der Waals surface area (Å²) in [5.41, 5.74) is 3.91. The smallest absolute Gasteiger partial charge is 0.411 e. The number of benzene rings is 2. The Labute approximate surface area is 205 Å². The van der Waals surface area contributed by atoms with E-state index in [1.54, 1.807) is 14.2 Å². The maximum atomic E-state index is 12.2. The van der Waals surface area contributed by atoms with E-state index >= 15 is 0 Å². The molecule has 0 radical (unpaired) electrons. The number of methoxy groups -OCH3 is 2. The quantitative estimate of drug-likeness (QED) is 0.540. The summed E-state index contributed by atoms with van der Waals surface area (Å²) < 4.78 is 18.4. The third-order valence-corrected chi connectivity index (χ3v) is 7.28. The van der Waals surface area contributed by atoms with Gasteiger partial charge in [-0.3, -0.25) is 14.9 Å². The number of nitrogens with zero attached hydrogens (tertiary/aromatic N) is 3. The zero-order chi connectivity index (χ0) is 24.4.